The fourth-order valence-corrected chi connectivity index (χ4v) is 4.25. The van der Waals surface area contributed by atoms with Crippen molar-refractivity contribution >= 4 is 34.3 Å². The molecule has 4 aromatic rings. The van der Waals surface area contributed by atoms with Gasteiger partial charge in [0.05, 0.1) is 23.3 Å². The van der Waals surface area contributed by atoms with Gasteiger partial charge in [-0.25, -0.2) is 4.79 Å². The second-order valence-electron chi connectivity index (χ2n) is 8.46. The molecule has 0 spiro atoms. The third kappa shape index (κ3) is 4.41. The second-order valence-corrected chi connectivity index (χ2v) is 8.46. The van der Waals surface area contributed by atoms with Crippen molar-refractivity contribution in [2.75, 3.05) is 5.32 Å². The van der Waals surface area contributed by atoms with Crippen molar-refractivity contribution in [2.24, 2.45) is 0 Å². The number of aromatic nitrogens is 2. The Labute approximate surface area is 201 Å². The number of nitrogens with zero attached hydrogens (tertiary/aromatic N) is 1. The van der Waals surface area contributed by atoms with E-state index in [1.807, 2.05) is 54.6 Å². The molecule has 1 aromatic heterocycles. The molecule has 8 heteroatoms. The SMILES string of the molecule is CC(=O)c1cccc(-c2ccc(C3NC(=O)NC(C)=C3C(=O)Nc3ccc4[nH]ncc4c3)cc2)c1. The van der Waals surface area contributed by atoms with Gasteiger partial charge in [0.25, 0.3) is 5.91 Å². The molecule has 0 saturated carbocycles. The zero-order valence-electron chi connectivity index (χ0n) is 19.2. The number of carbonyl (C=O) groups excluding carboxylic acids is 3. The van der Waals surface area contributed by atoms with Crippen LogP contribution in [0.5, 0.6) is 0 Å². The van der Waals surface area contributed by atoms with E-state index in [2.05, 4.69) is 26.1 Å². The van der Waals surface area contributed by atoms with Crippen molar-refractivity contribution in [3.63, 3.8) is 0 Å². The van der Waals surface area contributed by atoms with Crippen molar-refractivity contribution in [2.45, 2.75) is 19.9 Å². The van der Waals surface area contributed by atoms with Crippen LogP contribution in [-0.2, 0) is 4.79 Å². The monoisotopic (exact) mass is 465 g/mol. The molecule has 35 heavy (non-hydrogen) atoms. The summed E-state index contributed by atoms with van der Waals surface area (Å²) in [6.07, 6.45) is 1.69. The van der Waals surface area contributed by atoms with E-state index in [1.165, 1.54) is 6.92 Å². The highest BCUT2D eigenvalue weighted by molar-refractivity contribution is 6.07. The third-order valence-electron chi connectivity index (χ3n) is 6.06. The highest BCUT2D eigenvalue weighted by Crippen LogP contribution is 2.30. The molecule has 1 unspecified atom stereocenters. The van der Waals surface area contributed by atoms with Gasteiger partial charge in [0.2, 0.25) is 0 Å². The lowest BCUT2D eigenvalue weighted by Gasteiger charge is -2.28. The van der Waals surface area contributed by atoms with Gasteiger partial charge >= 0.3 is 6.03 Å². The summed E-state index contributed by atoms with van der Waals surface area (Å²) >= 11 is 0. The summed E-state index contributed by atoms with van der Waals surface area (Å²) in [6.45, 7) is 3.25. The van der Waals surface area contributed by atoms with Crippen LogP contribution < -0.4 is 16.0 Å². The molecule has 1 atom stereocenters. The standard InChI is InChI=1S/C27H23N5O3/c1-15-24(26(34)30-22-10-11-23-21(13-22)14-28-32-23)25(31-27(35)29-15)18-8-6-17(7-9-18)20-5-3-4-19(12-20)16(2)33/h3-14,25H,1-2H3,(H,28,32)(H,30,34)(H2,29,31,35). The molecule has 3 aromatic carbocycles. The average molecular weight is 466 g/mol. The smallest absolute Gasteiger partial charge is 0.319 e. The van der Waals surface area contributed by atoms with Crippen LogP contribution in [0.4, 0.5) is 10.5 Å². The Bertz CT molecular complexity index is 1500. The number of fused-ring (bicyclic) bond motifs is 1. The topological polar surface area (TPSA) is 116 Å². The van der Waals surface area contributed by atoms with Gasteiger partial charge in [0, 0.05) is 22.3 Å². The number of ketones is 1. The predicted molar refractivity (Wildman–Crippen MR) is 134 cm³/mol. The lowest BCUT2D eigenvalue weighted by atomic mass is 9.93. The van der Waals surface area contributed by atoms with Crippen LogP contribution in [0.15, 0.2) is 84.2 Å². The van der Waals surface area contributed by atoms with E-state index in [0.29, 0.717) is 22.5 Å². The molecule has 0 radical (unpaired) electrons. The molecule has 1 aliphatic heterocycles. The number of urea groups is 1. The van der Waals surface area contributed by atoms with E-state index in [-0.39, 0.29) is 17.7 Å². The van der Waals surface area contributed by atoms with Crippen LogP contribution in [-0.4, -0.2) is 27.9 Å². The summed E-state index contributed by atoms with van der Waals surface area (Å²) in [5, 5.41) is 16.3. The Morgan fingerprint density at radius 2 is 1.77 bits per heavy atom. The predicted octanol–water partition coefficient (Wildman–Crippen LogP) is 4.70. The number of hydrogen-bond acceptors (Lipinski definition) is 4. The van der Waals surface area contributed by atoms with Gasteiger partial charge in [0.15, 0.2) is 5.78 Å². The van der Waals surface area contributed by atoms with E-state index in [9.17, 15) is 14.4 Å². The highest BCUT2D eigenvalue weighted by atomic mass is 16.2. The van der Waals surface area contributed by atoms with Gasteiger partial charge in [-0.05, 0) is 54.8 Å². The van der Waals surface area contributed by atoms with Crippen LogP contribution in [0.1, 0.15) is 35.8 Å². The molecule has 1 aliphatic rings. The minimum atomic E-state index is -0.626. The Balaban J connectivity index is 1.43. The van der Waals surface area contributed by atoms with Crippen LogP contribution in [0, 0.1) is 0 Å². The summed E-state index contributed by atoms with van der Waals surface area (Å²) in [5.74, 6) is -0.315. The van der Waals surface area contributed by atoms with Crippen molar-refractivity contribution in [3.8, 4) is 11.1 Å². The van der Waals surface area contributed by atoms with Crippen LogP contribution in [0.3, 0.4) is 0 Å². The maximum Gasteiger partial charge on any atom is 0.319 e. The van der Waals surface area contributed by atoms with Crippen molar-refractivity contribution in [1.82, 2.24) is 20.8 Å². The molecule has 0 bridgehead atoms. The number of amides is 3. The number of benzene rings is 3. The maximum atomic E-state index is 13.3. The van der Waals surface area contributed by atoms with E-state index >= 15 is 0 Å². The molecule has 174 valence electrons. The van der Waals surface area contributed by atoms with Crippen molar-refractivity contribution < 1.29 is 14.4 Å². The van der Waals surface area contributed by atoms with E-state index in [0.717, 1.165) is 27.6 Å². The lowest BCUT2D eigenvalue weighted by Crippen LogP contribution is -2.45. The molecule has 0 fully saturated rings. The minimum Gasteiger partial charge on any atom is -0.327 e. The minimum absolute atomic E-state index is 0.00377. The number of allylic oxidation sites excluding steroid dienone is 1. The molecule has 8 nitrogen and oxygen atoms in total. The van der Waals surface area contributed by atoms with E-state index < -0.39 is 6.04 Å². The number of carbonyl (C=O) groups is 3. The summed E-state index contributed by atoms with van der Waals surface area (Å²) in [6, 6.07) is 19.5. The number of Topliss-reactive ketones (excluding diaryl/α,β-unsaturated/α-hetero) is 1. The summed E-state index contributed by atoms with van der Waals surface area (Å²) < 4.78 is 0. The van der Waals surface area contributed by atoms with Gasteiger partial charge in [-0.1, -0.05) is 42.5 Å². The fraction of sp³-hybridized carbons (Fsp3) is 0.111. The van der Waals surface area contributed by atoms with E-state index in [1.54, 1.807) is 25.3 Å². The first-order chi connectivity index (χ1) is 16.9. The number of nitrogens with one attached hydrogen (secondary N) is 4. The Morgan fingerprint density at radius 1 is 0.971 bits per heavy atom. The number of hydrogen-bond donors (Lipinski definition) is 4. The molecule has 0 saturated heterocycles. The van der Waals surface area contributed by atoms with Crippen LogP contribution >= 0.6 is 0 Å². The first-order valence-electron chi connectivity index (χ1n) is 11.1. The number of aromatic amines is 1. The van der Waals surface area contributed by atoms with Crippen molar-refractivity contribution in [3.05, 3.63) is 95.3 Å². The number of anilines is 1. The third-order valence-corrected chi connectivity index (χ3v) is 6.06. The van der Waals surface area contributed by atoms with E-state index in [4.69, 9.17) is 0 Å². The number of rotatable bonds is 5. The summed E-state index contributed by atoms with van der Waals surface area (Å²) in [4.78, 5) is 37.3. The maximum absolute atomic E-state index is 13.3. The fourth-order valence-electron chi connectivity index (χ4n) is 4.25. The second kappa shape index (κ2) is 8.90. The molecule has 3 amide bonds. The zero-order valence-corrected chi connectivity index (χ0v) is 19.2. The molecular weight excluding hydrogens is 442 g/mol. The van der Waals surface area contributed by atoms with Gasteiger partial charge in [-0.15, -0.1) is 0 Å². The largest absolute Gasteiger partial charge is 0.327 e. The van der Waals surface area contributed by atoms with Gasteiger partial charge in [-0.2, -0.15) is 5.10 Å². The molecule has 0 aliphatic carbocycles. The van der Waals surface area contributed by atoms with Crippen LogP contribution in [0.2, 0.25) is 0 Å². The number of H-pyrrole nitrogens is 1. The zero-order chi connectivity index (χ0) is 24.5. The Hall–Kier alpha value is -4.72. The van der Waals surface area contributed by atoms with Gasteiger partial charge in [0.1, 0.15) is 0 Å². The van der Waals surface area contributed by atoms with Gasteiger partial charge < -0.3 is 16.0 Å². The first kappa shape index (κ1) is 22.1. The highest BCUT2D eigenvalue weighted by Gasteiger charge is 2.31. The molecule has 4 N–H and O–H groups in total. The lowest BCUT2D eigenvalue weighted by molar-refractivity contribution is -0.113. The van der Waals surface area contributed by atoms with Gasteiger partial charge in [-0.3, -0.25) is 14.7 Å². The first-order valence-corrected chi connectivity index (χ1v) is 11.1. The summed E-state index contributed by atoms with van der Waals surface area (Å²) in [5.41, 5.74) is 5.65. The quantitative estimate of drug-likeness (QED) is 0.320. The average Bonchev–Trinajstić information content (AvgIpc) is 3.31. The summed E-state index contributed by atoms with van der Waals surface area (Å²) in [7, 11) is 0. The molecule has 5 rings (SSSR count). The van der Waals surface area contributed by atoms with Crippen LogP contribution in [0.25, 0.3) is 22.0 Å². The molecular formula is C27H23N5O3. The Kier molecular flexibility index (Phi) is 5.62. The Morgan fingerprint density at radius 3 is 2.54 bits per heavy atom. The van der Waals surface area contributed by atoms with Crippen molar-refractivity contribution in [1.29, 1.82) is 0 Å². The normalized spacial score (nSPS) is 15.5. The molecule has 2 heterocycles.